The van der Waals surface area contributed by atoms with Crippen LogP contribution in [-0.2, 0) is 0 Å². The Hall–Kier alpha value is -0.280. The Bertz CT molecular complexity index is 419. The Kier molecular flexibility index (Phi) is 8.65. The molecule has 1 atom stereocenters. The third kappa shape index (κ3) is 5.45. The van der Waals surface area contributed by atoms with E-state index in [0.717, 1.165) is 25.1 Å². The van der Waals surface area contributed by atoms with Gasteiger partial charge in [0, 0.05) is 12.1 Å². The van der Waals surface area contributed by atoms with E-state index in [1.807, 2.05) is 12.1 Å². The van der Waals surface area contributed by atoms with Gasteiger partial charge in [0.05, 0.1) is 10.0 Å². The van der Waals surface area contributed by atoms with Gasteiger partial charge in [0.1, 0.15) is 0 Å². The molecule has 0 radical (unpaired) electrons. The maximum absolute atomic E-state index is 6.37. The Balaban J connectivity index is 2.76. The highest BCUT2D eigenvalue weighted by molar-refractivity contribution is 6.42. The molecule has 0 aliphatic rings. The van der Waals surface area contributed by atoms with Gasteiger partial charge in [-0.1, -0.05) is 56.1 Å². The van der Waals surface area contributed by atoms with E-state index in [9.17, 15) is 0 Å². The lowest BCUT2D eigenvalue weighted by Crippen LogP contribution is -2.34. The Morgan fingerprint density at radius 3 is 2.38 bits per heavy atom. The van der Waals surface area contributed by atoms with Crippen molar-refractivity contribution in [2.45, 2.75) is 52.1 Å². The Morgan fingerprint density at radius 1 is 1.14 bits per heavy atom. The molecule has 0 amide bonds. The molecule has 0 saturated heterocycles. The number of halogens is 2. The second-order valence-electron chi connectivity index (χ2n) is 5.49. The normalized spacial score (nSPS) is 13.1. The lowest BCUT2D eigenvalue weighted by molar-refractivity contribution is 0.218. The van der Waals surface area contributed by atoms with Crippen LogP contribution in [0.4, 0.5) is 0 Å². The van der Waals surface area contributed by atoms with E-state index in [1.54, 1.807) is 0 Å². The Morgan fingerprint density at radius 2 is 1.81 bits per heavy atom. The van der Waals surface area contributed by atoms with Crippen molar-refractivity contribution in [3.05, 3.63) is 33.8 Å². The van der Waals surface area contributed by atoms with Gasteiger partial charge in [0.15, 0.2) is 0 Å². The molecule has 0 saturated carbocycles. The molecule has 0 heterocycles. The summed E-state index contributed by atoms with van der Waals surface area (Å²) >= 11 is 12.5. The van der Waals surface area contributed by atoms with Gasteiger partial charge in [-0.2, -0.15) is 0 Å². The molecule has 21 heavy (non-hydrogen) atoms. The molecule has 0 bridgehead atoms. The molecule has 1 aromatic rings. The molecule has 0 fully saturated rings. The summed E-state index contributed by atoms with van der Waals surface area (Å²) in [5, 5.41) is 4.83. The molecule has 0 spiro atoms. The smallest absolute Gasteiger partial charge is 0.0640 e. The maximum atomic E-state index is 6.37. The molecule has 4 heteroatoms. The van der Waals surface area contributed by atoms with Gasteiger partial charge in [-0.25, -0.2) is 0 Å². The summed E-state index contributed by atoms with van der Waals surface area (Å²) < 4.78 is 0. The Labute approximate surface area is 139 Å². The first-order valence-corrected chi connectivity index (χ1v) is 8.68. The predicted molar refractivity (Wildman–Crippen MR) is 94.5 cm³/mol. The second kappa shape index (κ2) is 9.68. The average molecular weight is 331 g/mol. The zero-order chi connectivity index (χ0) is 15.8. The molecule has 1 rings (SSSR count). The molecular weight excluding hydrogens is 303 g/mol. The molecule has 0 aliphatic carbocycles. The quantitative estimate of drug-likeness (QED) is 0.673. The van der Waals surface area contributed by atoms with E-state index in [2.05, 4.69) is 44.1 Å². The first kappa shape index (κ1) is 18.8. The van der Waals surface area contributed by atoms with Gasteiger partial charge in [0.2, 0.25) is 0 Å². The number of hydrogen-bond donors (Lipinski definition) is 1. The van der Waals surface area contributed by atoms with Gasteiger partial charge in [-0.15, -0.1) is 0 Å². The first-order valence-electron chi connectivity index (χ1n) is 7.92. The molecule has 0 aromatic heterocycles. The zero-order valence-electron chi connectivity index (χ0n) is 13.6. The van der Waals surface area contributed by atoms with Crippen LogP contribution < -0.4 is 5.32 Å². The molecule has 2 nitrogen and oxygen atoms in total. The minimum Gasteiger partial charge on any atom is -0.310 e. The highest BCUT2D eigenvalue weighted by Gasteiger charge is 2.18. The summed E-state index contributed by atoms with van der Waals surface area (Å²) in [4.78, 5) is 2.45. The summed E-state index contributed by atoms with van der Waals surface area (Å²) in [5.74, 6) is 0. The summed E-state index contributed by atoms with van der Waals surface area (Å²) in [5.41, 5.74) is 1.10. The molecule has 1 unspecified atom stereocenters. The van der Waals surface area contributed by atoms with Gasteiger partial charge < -0.3 is 10.2 Å². The molecular formula is C17H28Cl2N2. The number of nitrogens with one attached hydrogen (secondary N) is 1. The highest BCUT2D eigenvalue weighted by atomic mass is 35.5. The van der Waals surface area contributed by atoms with Crippen molar-refractivity contribution in [3.63, 3.8) is 0 Å². The summed E-state index contributed by atoms with van der Waals surface area (Å²) in [6.45, 7) is 8.59. The zero-order valence-corrected chi connectivity index (χ0v) is 15.1. The third-order valence-corrected chi connectivity index (χ3v) is 4.98. The van der Waals surface area contributed by atoms with Crippen molar-refractivity contribution in [3.8, 4) is 0 Å². The monoisotopic (exact) mass is 330 g/mol. The van der Waals surface area contributed by atoms with Crippen molar-refractivity contribution >= 4 is 23.2 Å². The van der Waals surface area contributed by atoms with E-state index >= 15 is 0 Å². The second-order valence-corrected chi connectivity index (χ2v) is 6.28. The van der Waals surface area contributed by atoms with Crippen LogP contribution in [0.2, 0.25) is 10.0 Å². The van der Waals surface area contributed by atoms with Crippen LogP contribution in [0.1, 0.15) is 51.6 Å². The van der Waals surface area contributed by atoms with E-state index < -0.39 is 0 Å². The summed E-state index contributed by atoms with van der Waals surface area (Å²) in [6, 6.07) is 6.78. The standard InChI is InChI=1S/C17H28Cl2N2/c1-5-13(6-2)21(4)12-11-16(20-7-3)14-9-8-10-15(18)17(14)19/h8-10,13,16,20H,5-7,11-12H2,1-4H3. The topological polar surface area (TPSA) is 15.3 Å². The van der Waals surface area contributed by atoms with Crippen LogP contribution in [0.3, 0.4) is 0 Å². The fraction of sp³-hybridized carbons (Fsp3) is 0.647. The van der Waals surface area contributed by atoms with E-state index in [-0.39, 0.29) is 6.04 Å². The number of hydrogen-bond acceptors (Lipinski definition) is 2. The van der Waals surface area contributed by atoms with Crippen LogP contribution in [0.15, 0.2) is 18.2 Å². The fourth-order valence-electron chi connectivity index (χ4n) is 2.83. The number of benzene rings is 1. The van der Waals surface area contributed by atoms with Crippen molar-refractivity contribution in [1.29, 1.82) is 0 Å². The van der Waals surface area contributed by atoms with Crippen molar-refractivity contribution in [1.82, 2.24) is 10.2 Å². The average Bonchev–Trinajstić information content (AvgIpc) is 2.48. The lowest BCUT2D eigenvalue weighted by Gasteiger charge is -2.28. The molecule has 1 N–H and O–H groups in total. The number of rotatable bonds is 9. The van der Waals surface area contributed by atoms with Crippen LogP contribution in [-0.4, -0.2) is 31.1 Å². The van der Waals surface area contributed by atoms with Crippen LogP contribution in [0.25, 0.3) is 0 Å². The van der Waals surface area contributed by atoms with Gasteiger partial charge in [0.25, 0.3) is 0 Å². The number of nitrogens with zero attached hydrogens (tertiary/aromatic N) is 1. The largest absolute Gasteiger partial charge is 0.310 e. The SMILES string of the molecule is CCNC(CCN(C)C(CC)CC)c1cccc(Cl)c1Cl. The lowest BCUT2D eigenvalue weighted by atomic mass is 10.0. The van der Waals surface area contributed by atoms with E-state index in [0.29, 0.717) is 16.1 Å². The van der Waals surface area contributed by atoms with Gasteiger partial charge in [-0.3, -0.25) is 0 Å². The van der Waals surface area contributed by atoms with Gasteiger partial charge >= 0.3 is 0 Å². The first-order chi connectivity index (χ1) is 10.0. The summed E-state index contributed by atoms with van der Waals surface area (Å²) in [7, 11) is 2.21. The molecule has 120 valence electrons. The van der Waals surface area contributed by atoms with Crippen molar-refractivity contribution < 1.29 is 0 Å². The molecule has 1 aromatic carbocycles. The van der Waals surface area contributed by atoms with E-state index in [1.165, 1.54) is 12.8 Å². The minimum atomic E-state index is 0.248. The third-order valence-electron chi connectivity index (χ3n) is 4.14. The highest BCUT2D eigenvalue weighted by Crippen LogP contribution is 2.31. The van der Waals surface area contributed by atoms with Crippen LogP contribution in [0.5, 0.6) is 0 Å². The van der Waals surface area contributed by atoms with Crippen LogP contribution >= 0.6 is 23.2 Å². The van der Waals surface area contributed by atoms with Crippen molar-refractivity contribution in [2.75, 3.05) is 20.1 Å². The van der Waals surface area contributed by atoms with Crippen LogP contribution in [0, 0.1) is 0 Å². The summed E-state index contributed by atoms with van der Waals surface area (Å²) in [6.07, 6.45) is 3.41. The van der Waals surface area contributed by atoms with Crippen molar-refractivity contribution in [2.24, 2.45) is 0 Å². The molecule has 0 aliphatic heterocycles. The fourth-order valence-corrected chi connectivity index (χ4v) is 3.27. The predicted octanol–water partition coefficient (Wildman–Crippen LogP) is 5.15. The van der Waals surface area contributed by atoms with Gasteiger partial charge in [-0.05, 0) is 51.0 Å². The maximum Gasteiger partial charge on any atom is 0.0640 e. The minimum absolute atomic E-state index is 0.248. The van der Waals surface area contributed by atoms with E-state index in [4.69, 9.17) is 23.2 Å².